The number of carbonyl (C=O) groups is 2. The summed E-state index contributed by atoms with van der Waals surface area (Å²) >= 11 is 0.900. The van der Waals surface area contributed by atoms with Crippen molar-refractivity contribution >= 4 is 51.2 Å². The van der Waals surface area contributed by atoms with Crippen molar-refractivity contribution in [1.82, 2.24) is 4.48 Å². The molecule has 3 aliphatic heterocycles. The molecule has 4 N–H and O–H groups in total. The van der Waals surface area contributed by atoms with E-state index in [4.69, 9.17) is 10.4 Å². The lowest BCUT2D eigenvalue weighted by Crippen LogP contribution is -2.61. The number of rotatable bonds is 15. The second-order valence-electron chi connectivity index (χ2n) is 14.7. The second kappa shape index (κ2) is 16.2. The average Bonchev–Trinajstić information content (AvgIpc) is 3.42. The predicted molar refractivity (Wildman–Crippen MR) is 203 cm³/mol. The highest BCUT2D eigenvalue weighted by Gasteiger charge is 2.60. The number of hydrogen-bond acceptors (Lipinski definition) is 8. The Morgan fingerprint density at radius 3 is 2.38 bits per heavy atom. The highest BCUT2D eigenvalue weighted by molar-refractivity contribution is 7.94. The van der Waals surface area contributed by atoms with Crippen LogP contribution in [-0.2, 0) is 39.9 Å². The predicted octanol–water partition coefficient (Wildman–Crippen LogP) is 7.87. The van der Waals surface area contributed by atoms with Crippen molar-refractivity contribution in [2.75, 3.05) is 13.1 Å². The number of hydrogen-bond donors (Lipinski definition) is 4. The molecule has 2 aromatic rings. The van der Waals surface area contributed by atoms with E-state index >= 15 is 0 Å². The van der Waals surface area contributed by atoms with Crippen molar-refractivity contribution < 1.29 is 52.0 Å². The summed E-state index contributed by atoms with van der Waals surface area (Å²) in [4.78, 5) is 24.3. The monoisotopic (exact) mass is 768 g/mol. The maximum absolute atomic E-state index is 12.7. The number of unbranched alkanes of at least 4 members (excludes halogenated alkanes) is 2. The van der Waals surface area contributed by atoms with Gasteiger partial charge >= 0.3 is 11.9 Å². The summed E-state index contributed by atoms with van der Waals surface area (Å²) in [6, 6.07) is 9.64. The third-order valence-electron chi connectivity index (χ3n) is 10.7. The molecule has 53 heavy (non-hydrogen) atoms. The molecule has 1 fully saturated rings. The van der Waals surface area contributed by atoms with Crippen molar-refractivity contribution in [3.8, 4) is 0 Å². The maximum Gasteiger partial charge on any atom is 0.363 e. The zero-order valence-electron chi connectivity index (χ0n) is 30.4. The van der Waals surface area contributed by atoms with E-state index < -0.39 is 33.5 Å². The van der Waals surface area contributed by atoms with Gasteiger partial charge in [-0.3, -0.25) is 9.35 Å². The van der Waals surface area contributed by atoms with Crippen molar-refractivity contribution in [2.45, 2.75) is 99.3 Å². The van der Waals surface area contributed by atoms with E-state index in [1.807, 2.05) is 68.5 Å². The number of benzene rings is 2. The molecule has 5 rings (SSSR count). The van der Waals surface area contributed by atoms with Crippen LogP contribution in [0.15, 0.2) is 94.4 Å². The van der Waals surface area contributed by atoms with Crippen molar-refractivity contribution in [3.05, 3.63) is 95.8 Å². The Labute approximate surface area is 314 Å². The Balaban J connectivity index is 1.43. The van der Waals surface area contributed by atoms with Gasteiger partial charge in [-0.1, -0.05) is 35.4 Å². The van der Waals surface area contributed by atoms with Gasteiger partial charge in [-0.05, 0) is 83.7 Å². The molecule has 0 bridgehead atoms. The number of fused-ring (bicyclic) bond motifs is 3. The van der Waals surface area contributed by atoms with Crippen LogP contribution in [0.1, 0.15) is 83.8 Å². The third kappa shape index (κ3) is 8.14. The van der Waals surface area contributed by atoms with E-state index in [1.165, 1.54) is 12.1 Å². The number of allylic oxidation sites excluding steroid dienone is 8. The van der Waals surface area contributed by atoms with Crippen LogP contribution in [0, 0.1) is 0 Å². The molecule has 1 spiro atoms. The first-order valence-corrected chi connectivity index (χ1v) is 19.9. The summed E-state index contributed by atoms with van der Waals surface area (Å²) in [7, 11) is -4.46. The highest BCUT2D eigenvalue weighted by Crippen LogP contribution is 2.56. The van der Waals surface area contributed by atoms with E-state index in [-0.39, 0.29) is 21.2 Å². The van der Waals surface area contributed by atoms with Crippen LogP contribution in [0.3, 0.4) is 0 Å². The topological polar surface area (TPSA) is 171 Å². The third-order valence-corrected chi connectivity index (χ3v) is 12.2. The normalized spacial score (nSPS) is 22.8. The van der Waals surface area contributed by atoms with Gasteiger partial charge in [-0.15, -0.1) is 4.33 Å². The Kier molecular flexibility index (Phi) is 12.3. The van der Waals surface area contributed by atoms with Gasteiger partial charge in [0.2, 0.25) is 5.69 Å². The lowest BCUT2D eigenvalue weighted by Gasteiger charge is -2.44. The summed E-state index contributed by atoms with van der Waals surface area (Å²) in [5, 5.41) is 31.9. The fourth-order valence-corrected chi connectivity index (χ4v) is 9.21. The lowest BCUT2D eigenvalue weighted by molar-refractivity contribution is -0.438. The molecule has 3 heterocycles. The van der Waals surface area contributed by atoms with E-state index in [0.29, 0.717) is 31.5 Å². The molecule has 14 heteroatoms. The van der Waals surface area contributed by atoms with E-state index in [0.717, 1.165) is 71.0 Å². The minimum absolute atomic E-state index is 0.108. The van der Waals surface area contributed by atoms with Gasteiger partial charge in [0.1, 0.15) is 17.9 Å². The van der Waals surface area contributed by atoms with Crippen molar-refractivity contribution in [2.24, 2.45) is 0 Å². The summed E-state index contributed by atoms with van der Waals surface area (Å²) in [6.45, 7) is 9.46. The molecule has 12 nitrogen and oxygen atoms in total. The molecule has 3 aliphatic rings. The van der Waals surface area contributed by atoms with Crippen LogP contribution in [0.25, 0.3) is 0 Å². The van der Waals surface area contributed by atoms with Gasteiger partial charge in [-0.2, -0.15) is 13.0 Å². The summed E-state index contributed by atoms with van der Waals surface area (Å²) in [5.74, 6) is -1.70. The second-order valence-corrected chi connectivity index (χ2v) is 16.9. The number of quaternary nitrogens is 1. The molecular weight excluding hydrogens is 721 g/mol. The molecular formula is C39H48N2O10S2+2. The molecule has 0 radical (unpaired) electrons. The van der Waals surface area contributed by atoms with Crippen LogP contribution in [-0.4, -0.2) is 69.8 Å². The Bertz CT molecular complexity index is 2010. The van der Waals surface area contributed by atoms with Crippen LogP contribution in [0.2, 0.25) is 0 Å². The minimum atomic E-state index is -4.46. The van der Waals surface area contributed by atoms with Crippen LogP contribution in [0.5, 0.6) is 0 Å². The smallest absolute Gasteiger partial charge is 0.363 e. The van der Waals surface area contributed by atoms with Gasteiger partial charge in [0, 0.05) is 53.5 Å². The first-order valence-electron chi connectivity index (χ1n) is 17.7. The average molecular weight is 769 g/mol. The standard InChI is InChI=1S/C39H46N2O10S2/c1-38(2)29-25-27(52-51-50-46)19-21-31(29)40(23-13-8-11-18-36(42)43)34(38)16-9-6-5-7-10-17-35-39(3,4)30-26-28(53(47,48)49)20-22-32(30)41(35)24-14-12-15-33(41)37(44)45/h5-7,9-10,16-17,19-22,25-26,33H,8,11-15,18,23-24H2,1-4H3,(H2-2,42,43,44,45,46,47,48,49)/p+2/b6-5+,10-7+,16-9+,35-17+. The molecule has 2 atom stereocenters. The Hall–Kier alpha value is -3.89. The van der Waals surface area contributed by atoms with Crippen LogP contribution >= 0.6 is 12.0 Å². The lowest BCUT2D eigenvalue weighted by atomic mass is 9.81. The molecule has 2 aromatic carbocycles. The molecule has 0 aliphatic carbocycles. The fourth-order valence-electron chi connectivity index (χ4n) is 8.31. The summed E-state index contributed by atoms with van der Waals surface area (Å²) < 4.78 is 41.0. The zero-order valence-corrected chi connectivity index (χ0v) is 32.0. The number of aliphatic carboxylic acids is 2. The highest BCUT2D eigenvalue weighted by atomic mass is 32.2. The molecule has 0 saturated carbocycles. The van der Waals surface area contributed by atoms with Crippen LogP contribution in [0.4, 0.5) is 11.4 Å². The Morgan fingerprint density at radius 2 is 1.68 bits per heavy atom. The van der Waals surface area contributed by atoms with Gasteiger partial charge in [0.25, 0.3) is 10.1 Å². The van der Waals surface area contributed by atoms with Gasteiger partial charge < -0.3 is 10.2 Å². The summed E-state index contributed by atoms with van der Waals surface area (Å²) in [6.07, 6.45) is 18.0. The van der Waals surface area contributed by atoms with Crippen molar-refractivity contribution in [1.29, 1.82) is 0 Å². The SMILES string of the molecule is CC1(C)C(/C=C/C=C/C=C/C=C2\C(C)(C)c3cc(S(=O)(=O)O)ccc3[N+]23CCCCC3C(=O)O)=[N+](CCCCCC(=O)O)c2ccc(SOOO)cc21. The quantitative estimate of drug-likeness (QED) is 0.0203. The first kappa shape index (κ1) is 40.3. The minimum Gasteiger partial charge on any atom is -0.481 e. The molecule has 0 amide bonds. The maximum atomic E-state index is 12.7. The van der Waals surface area contributed by atoms with E-state index in [9.17, 15) is 27.7 Å². The Morgan fingerprint density at radius 1 is 0.943 bits per heavy atom. The van der Waals surface area contributed by atoms with E-state index in [2.05, 4.69) is 33.9 Å². The first-order chi connectivity index (χ1) is 25.1. The fraction of sp³-hybridized carbons (Fsp3) is 0.410. The van der Waals surface area contributed by atoms with Crippen LogP contribution < -0.4 is 4.48 Å². The largest absolute Gasteiger partial charge is 0.481 e. The summed E-state index contributed by atoms with van der Waals surface area (Å²) in [5.41, 5.74) is 4.34. The zero-order chi connectivity index (χ0) is 38.6. The molecule has 0 aromatic heterocycles. The van der Waals surface area contributed by atoms with Gasteiger partial charge in [0.05, 0.1) is 34.3 Å². The number of carboxylic acid groups (broad SMARTS) is 2. The molecule has 2 unspecified atom stereocenters. The number of piperidine rings is 1. The molecule has 284 valence electrons. The molecule has 1 saturated heterocycles. The number of nitrogens with zero attached hydrogens (tertiary/aromatic N) is 2. The van der Waals surface area contributed by atoms with Crippen molar-refractivity contribution in [3.63, 3.8) is 0 Å². The number of carboxylic acids is 2. The van der Waals surface area contributed by atoms with E-state index in [1.54, 1.807) is 6.07 Å². The van der Waals surface area contributed by atoms with Gasteiger partial charge in [0.15, 0.2) is 11.8 Å². The van der Waals surface area contributed by atoms with Gasteiger partial charge in [-0.25, -0.2) is 14.5 Å².